The van der Waals surface area contributed by atoms with E-state index < -0.39 is 28.9 Å². The van der Waals surface area contributed by atoms with E-state index in [1.807, 2.05) is 6.92 Å². The van der Waals surface area contributed by atoms with E-state index in [1.54, 1.807) is 52.1 Å². The molecule has 1 aliphatic rings. The molecule has 0 bridgehead atoms. The molecule has 3 unspecified atom stereocenters. The van der Waals surface area contributed by atoms with Gasteiger partial charge in [0.2, 0.25) is 0 Å². The molecule has 144 valence electrons. The van der Waals surface area contributed by atoms with Gasteiger partial charge in [-0.3, -0.25) is 4.79 Å². The molecule has 1 saturated carbocycles. The van der Waals surface area contributed by atoms with Crippen molar-refractivity contribution >= 4 is 11.9 Å². The van der Waals surface area contributed by atoms with Crippen LogP contribution in [0, 0.1) is 5.41 Å². The number of ether oxygens (including phenoxy) is 3. The van der Waals surface area contributed by atoms with Gasteiger partial charge >= 0.3 is 5.97 Å². The van der Waals surface area contributed by atoms with Crippen LogP contribution in [0.3, 0.4) is 0 Å². The molecule has 1 fully saturated rings. The molecule has 7 nitrogen and oxygen atoms in total. The van der Waals surface area contributed by atoms with Crippen LogP contribution in [0.4, 0.5) is 0 Å². The molecule has 26 heavy (non-hydrogen) atoms. The molecule has 1 aromatic carbocycles. The number of hydrogen-bond acceptors (Lipinski definition) is 5. The standard InChI is InChI=1S/C19H27NO6/c1-6-25-15-11-19(17(22)23,18(15,3)4)20-16(21)12(2)26-14-9-7-13(24-5)8-10-14/h7-10,12,15H,6,11H2,1-5H3,(H,20,21)(H,22,23). The van der Waals surface area contributed by atoms with E-state index in [0.717, 1.165) is 0 Å². The van der Waals surface area contributed by atoms with Gasteiger partial charge in [-0.05, 0) is 38.1 Å². The average molecular weight is 365 g/mol. The van der Waals surface area contributed by atoms with Gasteiger partial charge in [0.05, 0.1) is 13.2 Å². The van der Waals surface area contributed by atoms with E-state index in [2.05, 4.69) is 5.32 Å². The van der Waals surface area contributed by atoms with Crippen LogP contribution in [0.15, 0.2) is 24.3 Å². The smallest absolute Gasteiger partial charge is 0.330 e. The Morgan fingerprint density at radius 3 is 2.31 bits per heavy atom. The summed E-state index contributed by atoms with van der Waals surface area (Å²) in [6, 6.07) is 6.82. The normalized spacial score (nSPS) is 24.9. The van der Waals surface area contributed by atoms with Crippen molar-refractivity contribution in [1.29, 1.82) is 0 Å². The van der Waals surface area contributed by atoms with Crippen LogP contribution < -0.4 is 14.8 Å². The van der Waals surface area contributed by atoms with E-state index in [-0.39, 0.29) is 12.5 Å². The van der Waals surface area contributed by atoms with E-state index in [0.29, 0.717) is 18.1 Å². The molecule has 2 rings (SSSR count). The minimum Gasteiger partial charge on any atom is -0.497 e. The third kappa shape index (κ3) is 3.49. The molecule has 0 aromatic heterocycles. The molecular weight excluding hydrogens is 338 g/mol. The maximum atomic E-state index is 12.6. The third-order valence-electron chi connectivity index (χ3n) is 5.21. The topological polar surface area (TPSA) is 94.1 Å². The van der Waals surface area contributed by atoms with Gasteiger partial charge in [0.25, 0.3) is 5.91 Å². The van der Waals surface area contributed by atoms with Crippen LogP contribution in [-0.4, -0.2) is 48.4 Å². The van der Waals surface area contributed by atoms with Crippen LogP contribution in [0.1, 0.15) is 34.1 Å². The minimum atomic E-state index is -1.37. The first-order valence-corrected chi connectivity index (χ1v) is 8.65. The molecule has 0 aliphatic heterocycles. The lowest BCUT2D eigenvalue weighted by Crippen LogP contribution is -2.76. The molecule has 0 heterocycles. The molecule has 0 radical (unpaired) electrons. The monoisotopic (exact) mass is 365 g/mol. The fraction of sp³-hybridized carbons (Fsp3) is 0.579. The highest BCUT2D eigenvalue weighted by molar-refractivity contribution is 5.91. The van der Waals surface area contributed by atoms with Gasteiger partial charge in [0, 0.05) is 18.4 Å². The van der Waals surface area contributed by atoms with Crippen molar-refractivity contribution in [1.82, 2.24) is 5.32 Å². The molecular formula is C19H27NO6. The van der Waals surface area contributed by atoms with E-state index in [9.17, 15) is 14.7 Å². The van der Waals surface area contributed by atoms with Crippen molar-refractivity contribution in [2.45, 2.75) is 51.9 Å². The van der Waals surface area contributed by atoms with Crippen LogP contribution in [0.25, 0.3) is 0 Å². The predicted molar refractivity (Wildman–Crippen MR) is 95.4 cm³/mol. The van der Waals surface area contributed by atoms with Crippen LogP contribution >= 0.6 is 0 Å². The summed E-state index contributed by atoms with van der Waals surface area (Å²) in [5.74, 6) is -0.370. The Morgan fingerprint density at radius 1 is 1.27 bits per heavy atom. The number of nitrogens with one attached hydrogen (secondary N) is 1. The number of amides is 1. The average Bonchev–Trinajstić information content (AvgIpc) is 2.60. The van der Waals surface area contributed by atoms with E-state index >= 15 is 0 Å². The zero-order chi connectivity index (χ0) is 19.5. The Morgan fingerprint density at radius 2 is 1.85 bits per heavy atom. The summed E-state index contributed by atoms with van der Waals surface area (Å²) in [6.45, 7) is 7.52. The highest BCUT2D eigenvalue weighted by Gasteiger charge is 2.66. The lowest BCUT2D eigenvalue weighted by atomic mass is 9.54. The predicted octanol–water partition coefficient (Wildman–Crippen LogP) is 2.24. The number of carboxylic acids is 1. The largest absolute Gasteiger partial charge is 0.497 e. The van der Waals surface area contributed by atoms with Gasteiger partial charge in [0.15, 0.2) is 6.10 Å². The second kappa shape index (κ2) is 7.53. The van der Waals surface area contributed by atoms with Crippen molar-refractivity contribution in [2.24, 2.45) is 5.41 Å². The molecule has 1 amide bonds. The summed E-state index contributed by atoms with van der Waals surface area (Å²) >= 11 is 0. The number of carbonyl (C=O) groups is 2. The lowest BCUT2D eigenvalue weighted by Gasteiger charge is -2.58. The number of carboxylic acid groups (broad SMARTS) is 1. The highest BCUT2D eigenvalue weighted by Crippen LogP contribution is 2.51. The molecule has 1 aromatic rings. The summed E-state index contributed by atoms with van der Waals surface area (Å²) in [4.78, 5) is 24.5. The number of aliphatic carboxylic acids is 1. The molecule has 7 heteroatoms. The van der Waals surface area contributed by atoms with Crippen molar-refractivity contribution in [3.8, 4) is 11.5 Å². The van der Waals surface area contributed by atoms with E-state index in [4.69, 9.17) is 14.2 Å². The van der Waals surface area contributed by atoms with Crippen molar-refractivity contribution in [2.75, 3.05) is 13.7 Å². The maximum Gasteiger partial charge on any atom is 0.330 e. The van der Waals surface area contributed by atoms with Crippen molar-refractivity contribution in [3.63, 3.8) is 0 Å². The van der Waals surface area contributed by atoms with Crippen LogP contribution in [0.2, 0.25) is 0 Å². The first-order valence-electron chi connectivity index (χ1n) is 8.65. The van der Waals surface area contributed by atoms with Gasteiger partial charge in [-0.15, -0.1) is 0 Å². The Balaban J connectivity index is 2.07. The van der Waals surface area contributed by atoms with Crippen LogP contribution in [-0.2, 0) is 14.3 Å². The molecule has 1 aliphatic carbocycles. The zero-order valence-corrected chi connectivity index (χ0v) is 15.9. The van der Waals surface area contributed by atoms with Crippen molar-refractivity contribution in [3.05, 3.63) is 24.3 Å². The highest BCUT2D eigenvalue weighted by atomic mass is 16.5. The quantitative estimate of drug-likeness (QED) is 0.734. The maximum absolute atomic E-state index is 12.6. The second-order valence-electron chi connectivity index (χ2n) is 7.01. The summed E-state index contributed by atoms with van der Waals surface area (Å²) < 4.78 is 16.3. The molecule has 3 atom stereocenters. The lowest BCUT2D eigenvalue weighted by molar-refractivity contribution is -0.195. The fourth-order valence-electron chi connectivity index (χ4n) is 3.26. The van der Waals surface area contributed by atoms with Gasteiger partial charge in [-0.2, -0.15) is 0 Å². The van der Waals surface area contributed by atoms with Crippen molar-refractivity contribution < 1.29 is 28.9 Å². The first-order chi connectivity index (χ1) is 12.2. The molecule has 0 saturated heterocycles. The molecule has 2 N–H and O–H groups in total. The van der Waals surface area contributed by atoms with E-state index in [1.165, 1.54) is 0 Å². The SMILES string of the molecule is CCOC1CC(NC(=O)C(C)Oc2ccc(OC)cc2)(C(=O)O)C1(C)C. The summed E-state index contributed by atoms with van der Waals surface area (Å²) in [5.41, 5.74) is -2.11. The number of benzene rings is 1. The fourth-order valence-corrected chi connectivity index (χ4v) is 3.26. The summed E-state index contributed by atoms with van der Waals surface area (Å²) in [6.07, 6.45) is -0.840. The molecule has 0 spiro atoms. The zero-order valence-electron chi connectivity index (χ0n) is 15.9. The minimum absolute atomic E-state index is 0.221. The number of methoxy groups -OCH3 is 1. The Bertz CT molecular complexity index is 656. The summed E-state index contributed by atoms with van der Waals surface area (Å²) in [5, 5.41) is 12.4. The van der Waals surface area contributed by atoms with Gasteiger partial charge in [-0.1, -0.05) is 13.8 Å². The Labute approximate surface area is 153 Å². The number of carbonyl (C=O) groups excluding carboxylic acids is 1. The number of rotatable bonds is 8. The van der Waals surface area contributed by atoms with Gasteiger partial charge < -0.3 is 24.6 Å². The summed E-state index contributed by atoms with van der Waals surface area (Å²) in [7, 11) is 1.56. The third-order valence-corrected chi connectivity index (χ3v) is 5.21. The number of hydrogen-bond donors (Lipinski definition) is 2. The first kappa shape index (κ1) is 20.0. The second-order valence-corrected chi connectivity index (χ2v) is 7.01. The Hall–Kier alpha value is -2.28. The van der Waals surface area contributed by atoms with Gasteiger partial charge in [-0.25, -0.2) is 4.79 Å². The Kier molecular flexibility index (Phi) is 5.81. The van der Waals surface area contributed by atoms with Gasteiger partial charge in [0.1, 0.15) is 17.0 Å². The van der Waals surface area contributed by atoms with Crippen LogP contribution in [0.5, 0.6) is 11.5 Å².